The number of nitrogens with two attached hydrogens (primary N) is 1. The number of aromatic nitrogens is 3. The Labute approximate surface area is 199 Å². The second kappa shape index (κ2) is 9.79. The highest BCUT2D eigenvalue weighted by Gasteiger charge is 2.26. The smallest absolute Gasteiger partial charge is 0.224 e. The molecule has 176 valence electrons. The molecule has 3 heterocycles. The molecule has 5 N–H and O–H groups in total. The van der Waals surface area contributed by atoms with E-state index in [0.717, 1.165) is 17.4 Å². The Kier molecular flexibility index (Phi) is 6.24. The molecule has 11 heteroatoms. The van der Waals surface area contributed by atoms with Crippen molar-refractivity contribution in [3.63, 3.8) is 0 Å². The topological polar surface area (TPSA) is 116 Å². The highest BCUT2D eigenvalue weighted by Crippen LogP contribution is 2.39. The van der Waals surface area contributed by atoms with Crippen LogP contribution in [0.15, 0.2) is 78.0 Å². The molecule has 0 spiro atoms. The van der Waals surface area contributed by atoms with E-state index < -0.39 is 11.6 Å². The largest absolute Gasteiger partial charge is 0.349 e. The first-order valence-electron chi connectivity index (χ1n) is 10.7. The lowest BCUT2D eigenvalue weighted by Crippen LogP contribution is -2.43. The Hall–Kier alpha value is -4.48. The van der Waals surface area contributed by atoms with Crippen molar-refractivity contribution in [2.24, 2.45) is 10.8 Å². The van der Waals surface area contributed by atoms with Gasteiger partial charge in [-0.15, -0.1) is 0 Å². The van der Waals surface area contributed by atoms with Crippen LogP contribution in [0.2, 0.25) is 0 Å². The monoisotopic (exact) mass is 473 g/mol. The lowest BCUT2D eigenvalue weighted by Gasteiger charge is -2.26. The minimum Gasteiger partial charge on any atom is -0.349 e. The van der Waals surface area contributed by atoms with E-state index in [1.54, 1.807) is 12.4 Å². The maximum Gasteiger partial charge on any atom is 0.224 e. The van der Waals surface area contributed by atoms with Crippen LogP contribution in [0.4, 0.5) is 31.9 Å². The predicted molar refractivity (Wildman–Crippen MR) is 129 cm³/mol. The first kappa shape index (κ1) is 22.3. The number of rotatable bonds is 6. The molecular weight excluding hydrogens is 452 g/mol. The van der Waals surface area contributed by atoms with Crippen molar-refractivity contribution in [2.75, 3.05) is 10.2 Å². The van der Waals surface area contributed by atoms with Crippen molar-refractivity contribution in [1.29, 1.82) is 0 Å². The zero-order valence-electron chi connectivity index (χ0n) is 18.4. The van der Waals surface area contributed by atoms with Crippen LogP contribution >= 0.6 is 0 Å². The molecular formula is C24H21F2N9. The van der Waals surface area contributed by atoms with Gasteiger partial charge in [-0.3, -0.25) is 16.3 Å². The number of nitrogens with zero attached hydrogens (tertiary/aromatic N) is 5. The molecule has 0 saturated heterocycles. The van der Waals surface area contributed by atoms with Gasteiger partial charge in [0.05, 0.1) is 29.2 Å². The number of benzene rings is 2. The summed E-state index contributed by atoms with van der Waals surface area (Å²) in [7, 11) is 0. The summed E-state index contributed by atoms with van der Waals surface area (Å²) >= 11 is 0. The summed E-state index contributed by atoms with van der Waals surface area (Å²) in [6, 6.07) is 16.9. The van der Waals surface area contributed by atoms with Crippen molar-refractivity contribution < 1.29 is 8.78 Å². The van der Waals surface area contributed by atoms with Gasteiger partial charge in [0.2, 0.25) is 5.95 Å². The van der Waals surface area contributed by atoms with E-state index >= 15 is 0 Å². The second-order valence-corrected chi connectivity index (χ2v) is 7.66. The van der Waals surface area contributed by atoms with E-state index in [1.807, 2.05) is 47.4 Å². The van der Waals surface area contributed by atoms with E-state index in [4.69, 9.17) is 15.8 Å². The van der Waals surface area contributed by atoms with Crippen molar-refractivity contribution in [1.82, 2.24) is 25.9 Å². The van der Waals surface area contributed by atoms with Crippen LogP contribution in [0.5, 0.6) is 0 Å². The maximum atomic E-state index is 14.0. The lowest BCUT2D eigenvalue weighted by molar-refractivity contribution is 0.507. The number of para-hydroxylation sites is 2. The van der Waals surface area contributed by atoms with E-state index in [2.05, 4.69) is 26.2 Å². The minimum absolute atomic E-state index is 0.205. The molecule has 0 saturated carbocycles. The summed E-state index contributed by atoms with van der Waals surface area (Å²) in [5, 5.41) is 3.18. The SMILES string of the molecule is NNNC1=Nc2ccccc2N(Cc2ccc(F)c(F)c2)c2nc(NCc3ccccn3)ncc21. The van der Waals surface area contributed by atoms with Crippen molar-refractivity contribution in [3.8, 4) is 0 Å². The van der Waals surface area contributed by atoms with Gasteiger partial charge in [-0.2, -0.15) is 10.5 Å². The van der Waals surface area contributed by atoms with Gasteiger partial charge >= 0.3 is 0 Å². The summed E-state index contributed by atoms with van der Waals surface area (Å²) in [5.74, 6) is 4.97. The molecule has 0 amide bonds. The van der Waals surface area contributed by atoms with Gasteiger partial charge in [-0.05, 0) is 42.0 Å². The number of pyridine rings is 1. The maximum absolute atomic E-state index is 14.0. The molecule has 1 aliphatic rings. The molecule has 2 aromatic heterocycles. The Morgan fingerprint density at radius 3 is 2.60 bits per heavy atom. The van der Waals surface area contributed by atoms with Gasteiger partial charge < -0.3 is 10.2 Å². The predicted octanol–water partition coefficient (Wildman–Crippen LogP) is 3.46. The first-order chi connectivity index (χ1) is 17.1. The number of fused-ring (bicyclic) bond motifs is 2. The van der Waals surface area contributed by atoms with E-state index in [1.165, 1.54) is 12.1 Å². The molecule has 0 atom stereocenters. The van der Waals surface area contributed by atoms with E-state index in [-0.39, 0.29) is 6.54 Å². The average Bonchev–Trinajstić information content (AvgIpc) is 3.00. The molecule has 1 aliphatic heterocycles. The Bertz CT molecular complexity index is 1380. The summed E-state index contributed by atoms with van der Waals surface area (Å²) in [5.41, 5.74) is 8.54. The van der Waals surface area contributed by atoms with Crippen LogP contribution in [-0.2, 0) is 13.1 Å². The fourth-order valence-electron chi connectivity index (χ4n) is 3.73. The zero-order valence-corrected chi connectivity index (χ0v) is 18.4. The Balaban J connectivity index is 1.59. The van der Waals surface area contributed by atoms with Gasteiger partial charge in [-0.25, -0.2) is 18.8 Å². The van der Waals surface area contributed by atoms with Gasteiger partial charge in [0, 0.05) is 18.9 Å². The summed E-state index contributed by atoms with van der Waals surface area (Å²) in [6.07, 6.45) is 3.33. The molecule has 2 aromatic carbocycles. The number of anilines is 3. The number of aliphatic imine (C=N–C) groups is 1. The number of hydrazine groups is 2. The minimum atomic E-state index is -0.919. The van der Waals surface area contributed by atoms with Crippen molar-refractivity contribution in [2.45, 2.75) is 13.1 Å². The first-order valence-corrected chi connectivity index (χ1v) is 10.7. The van der Waals surface area contributed by atoms with Gasteiger partial charge in [0.15, 0.2) is 17.5 Å². The Morgan fingerprint density at radius 2 is 1.80 bits per heavy atom. The molecule has 0 unspecified atom stereocenters. The second-order valence-electron chi connectivity index (χ2n) is 7.66. The molecule has 4 aromatic rings. The fraction of sp³-hybridized carbons (Fsp3) is 0.0833. The highest BCUT2D eigenvalue weighted by atomic mass is 19.2. The molecule has 0 bridgehead atoms. The number of amidine groups is 1. The van der Waals surface area contributed by atoms with E-state index in [0.29, 0.717) is 41.0 Å². The third-order valence-electron chi connectivity index (χ3n) is 5.35. The number of nitrogens with one attached hydrogen (secondary N) is 3. The van der Waals surface area contributed by atoms with Gasteiger partial charge in [0.1, 0.15) is 5.82 Å². The summed E-state index contributed by atoms with van der Waals surface area (Å²) in [4.78, 5) is 20.1. The molecule has 0 aliphatic carbocycles. The summed E-state index contributed by atoms with van der Waals surface area (Å²) in [6.45, 7) is 0.625. The summed E-state index contributed by atoms with van der Waals surface area (Å²) < 4.78 is 27.6. The quantitative estimate of drug-likeness (QED) is 0.249. The molecule has 0 fully saturated rings. The van der Waals surface area contributed by atoms with Crippen molar-refractivity contribution >= 4 is 29.0 Å². The Morgan fingerprint density at radius 1 is 0.943 bits per heavy atom. The van der Waals surface area contributed by atoms with Gasteiger partial charge in [0.25, 0.3) is 0 Å². The molecule has 35 heavy (non-hydrogen) atoms. The standard InChI is InChI=1S/C24H21F2N9/c25-18-9-8-15(11-19(18)26)14-35-21-7-2-1-6-20(21)31-22(33-34-27)17-13-30-24(32-23(17)35)29-12-16-5-3-4-10-28-16/h1-11,13,34H,12,14,27H2,(H,31,33)(H,29,30,32). The molecule has 9 nitrogen and oxygen atoms in total. The van der Waals surface area contributed by atoms with Crippen LogP contribution in [-0.4, -0.2) is 20.8 Å². The molecule has 5 rings (SSSR count). The third kappa shape index (κ3) is 4.76. The van der Waals surface area contributed by atoms with E-state index in [9.17, 15) is 8.78 Å². The number of halogens is 2. The average molecular weight is 473 g/mol. The van der Waals surface area contributed by atoms with Gasteiger partial charge in [-0.1, -0.05) is 24.3 Å². The van der Waals surface area contributed by atoms with Crippen molar-refractivity contribution in [3.05, 3.63) is 102 Å². The molecule has 0 radical (unpaired) electrons. The normalized spacial score (nSPS) is 12.3. The van der Waals surface area contributed by atoms with Crippen LogP contribution in [0.25, 0.3) is 0 Å². The lowest BCUT2D eigenvalue weighted by atomic mass is 10.1. The van der Waals surface area contributed by atoms with Crippen LogP contribution < -0.4 is 27.0 Å². The van der Waals surface area contributed by atoms with Crippen LogP contribution in [0.3, 0.4) is 0 Å². The fourth-order valence-corrected chi connectivity index (χ4v) is 3.73. The van der Waals surface area contributed by atoms with Crippen LogP contribution in [0, 0.1) is 11.6 Å². The number of hydrogen-bond acceptors (Lipinski definition) is 9. The number of hydrogen-bond donors (Lipinski definition) is 4. The zero-order chi connectivity index (χ0) is 24.2. The third-order valence-corrected chi connectivity index (χ3v) is 5.35. The highest BCUT2D eigenvalue weighted by molar-refractivity contribution is 6.07. The van der Waals surface area contributed by atoms with Crippen LogP contribution in [0.1, 0.15) is 16.8 Å².